The number of carbonyl (C=O) groups is 1. The molecule has 2 aliphatic heterocycles. The van der Waals surface area contributed by atoms with E-state index in [1.54, 1.807) is 7.11 Å². The predicted octanol–water partition coefficient (Wildman–Crippen LogP) is 1.86. The van der Waals surface area contributed by atoms with Crippen LogP contribution in [0.3, 0.4) is 0 Å². The molecule has 1 aromatic rings. The second-order valence-electron chi connectivity index (χ2n) is 6.07. The van der Waals surface area contributed by atoms with E-state index in [1.165, 1.54) is 0 Å². The van der Waals surface area contributed by atoms with Gasteiger partial charge in [-0.1, -0.05) is 18.2 Å². The standard InChI is InChI=1S/C17H24N2O3/c1-21-15-7-3-2-6-13(15)17-14(18)8-9-16(20)19(17)11-12-5-4-10-22-12/h2-3,6-7,12,14,17H,4-5,8-11,18H2,1H3. The highest BCUT2D eigenvalue weighted by Crippen LogP contribution is 2.36. The number of amides is 1. The minimum absolute atomic E-state index is 0.0737. The summed E-state index contributed by atoms with van der Waals surface area (Å²) in [7, 11) is 1.65. The largest absolute Gasteiger partial charge is 0.496 e. The van der Waals surface area contributed by atoms with Gasteiger partial charge in [-0.25, -0.2) is 0 Å². The number of para-hydroxylation sites is 1. The van der Waals surface area contributed by atoms with Gasteiger partial charge in [0.25, 0.3) is 0 Å². The van der Waals surface area contributed by atoms with Crippen LogP contribution in [0.5, 0.6) is 5.75 Å². The monoisotopic (exact) mass is 304 g/mol. The van der Waals surface area contributed by atoms with Crippen molar-refractivity contribution in [2.45, 2.75) is 43.9 Å². The number of carbonyl (C=O) groups excluding carboxylic acids is 1. The summed E-state index contributed by atoms with van der Waals surface area (Å²) in [5, 5.41) is 0. The predicted molar refractivity (Wildman–Crippen MR) is 83.6 cm³/mol. The maximum atomic E-state index is 12.5. The van der Waals surface area contributed by atoms with Gasteiger partial charge in [0.05, 0.1) is 19.3 Å². The van der Waals surface area contributed by atoms with E-state index < -0.39 is 0 Å². The fourth-order valence-electron chi connectivity index (χ4n) is 3.51. The molecule has 1 amide bonds. The third-order valence-electron chi connectivity index (χ3n) is 4.64. The lowest BCUT2D eigenvalue weighted by Gasteiger charge is -2.41. The van der Waals surface area contributed by atoms with E-state index in [2.05, 4.69) is 0 Å². The molecule has 2 heterocycles. The zero-order chi connectivity index (χ0) is 15.5. The number of benzene rings is 1. The zero-order valence-electron chi connectivity index (χ0n) is 13.0. The smallest absolute Gasteiger partial charge is 0.223 e. The molecule has 3 atom stereocenters. The highest BCUT2D eigenvalue weighted by molar-refractivity contribution is 5.78. The Morgan fingerprint density at radius 2 is 2.18 bits per heavy atom. The molecule has 2 saturated heterocycles. The average molecular weight is 304 g/mol. The van der Waals surface area contributed by atoms with Crippen LogP contribution in [-0.2, 0) is 9.53 Å². The Labute approximate surface area is 131 Å². The van der Waals surface area contributed by atoms with E-state index in [0.717, 1.165) is 30.8 Å². The molecule has 120 valence electrons. The normalized spacial score (nSPS) is 28.9. The fourth-order valence-corrected chi connectivity index (χ4v) is 3.51. The Morgan fingerprint density at radius 1 is 1.36 bits per heavy atom. The summed E-state index contributed by atoms with van der Waals surface area (Å²) < 4.78 is 11.2. The summed E-state index contributed by atoms with van der Waals surface area (Å²) in [6.45, 7) is 1.41. The minimum Gasteiger partial charge on any atom is -0.496 e. The zero-order valence-corrected chi connectivity index (χ0v) is 13.0. The Morgan fingerprint density at radius 3 is 2.91 bits per heavy atom. The van der Waals surface area contributed by atoms with Crippen LogP contribution in [0, 0.1) is 0 Å². The molecule has 1 aromatic carbocycles. The van der Waals surface area contributed by atoms with Crippen molar-refractivity contribution in [1.29, 1.82) is 0 Å². The number of nitrogens with zero attached hydrogens (tertiary/aromatic N) is 1. The highest BCUT2D eigenvalue weighted by atomic mass is 16.5. The minimum atomic E-state index is -0.137. The Bertz CT molecular complexity index is 528. The number of piperidine rings is 1. The van der Waals surface area contributed by atoms with Crippen LogP contribution >= 0.6 is 0 Å². The summed E-state index contributed by atoms with van der Waals surface area (Å²) in [6.07, 6.45) is 3.44. The Balaban J connectivity index is 1.90. The molecule has 5 heteroatoms. The number of hydrogen-bond acceptors (Lipinski definition) is 4. The molecule has 2 fully saturated rings. The van der Waals surface area contributed by atoms with Crippen molar-refractivity contribution in [3.63, 3.8) is 0 Å². The van der Waals surface area contributed by atoms with E-state index in [9.17, 15) is 4.79 Å². The average Bonchev–Trinajstić information content (AvgIpc) is 3.04. The molecular weight excluding hydrogens is 280 g/mol. The van der Waals surface area contributed by atoms with Crippen molar-refractivity contribution in [2.24, 2.45) is 5.73 Å². The second-order valence-corrected chi connectivity index (χ2v) is 6.07. The molecule has 0 bridgehead atoms. The molecule has 0 radical (unpaired) electrons. The molecule has 0 saturated carbocycles. The van der Waals surface area contributed by atoms with Crippen molar-refractivity contribution >= 4 is 5.91 Å². The van der Waals surface area contributed by atoms with Crippen LogP contribution in [0.15, 0.2) is 24.3 Å². The van der Waals surface area contributed by atoms with E-state index in [-0.39, 0.29) is 24.1 Å². The molecule has 0 aromatic heterocycles. The van der Waals surface area contributed by atoms with E-state index in [0.29, 0.717) is 19.4 Å². The van der Waals surface area contributed by atoms with Gasteiger partial charge >= 0.3 is 0 Å². The van der Waals surface area contributed by atoms with E-state index >= 15 is 0 Å². The van der Waals surface area contributed by atoms with Gasteiger partial charge < -0.3 is 20.1 Å². The molecule has 3 unspecified atom stereocenters. The van der Waals surface area contributed by atoms with Crippen molar-refractivity contribution in [1.82, 2.24) is 4.90 Å². The molecule has 5 nitrogen and oxygen atoms in total. The summed E-state index contributed by atoms with van der Waals surface area (Å²) in [6, 6.07) is 7.61. The van der Waals surface area contributed by atoms with E-state index in [1.807, 2.05) is 29.2 Å². The summed E-state index contributed by atoms with van der Waals surface area (Å²) in [4.78, 5) is 14.4. The number of methoxy groups -OCH3 is 1. The molecule has 22 heavy (non-hydrogen) atoms. The van der Waals surface area contributed by atoms with Crippen LogP contribution in [0.4, 0.5) is 0 Å². The number of rotatable bonds is 4. The first-order valence-corrected chi connectivity index (χ1v) is 8.00. The van der Waals surface area contributed by atoms with Crippen LogP contribution in [0.2, 0.25) is 0 Å². The first-order chi connectivity index (χ1) is 10.7. The number of likely N-dealkylation sites (tertiary alicyclic amines) is 1. The van der Waals surface area contributed by atoms with Crippen molar-refractivity contribution in [2.75, 3.05) is 20.3 Å². The summed E-state index contributed by atoms with van der Waals surface area (Å²) in [5.74, 6) is 0.947. The highest BCUT2D eigenvalue weighted by Gasteiger charge is 2.38. The van der Waals surface area contributed by atoms with Crippen LogP contribution < -0.4 is 10.5 Å². The first-order valence-electron chi connectivity index (χ1n) is 8.00. The van der Waals surface area contributed by atoms with Gasteiger partial charge in [-0.15, -0.1) is 0 Å². The quantitative estimate of drug-likeness (QED) is 0.922. The van der Waals surface area contributed by atoms with Gasteiger partial charge in [-0.05, 0) is 25.3 Å². The maximum absolute atomic E-state index is 12.5. The molecule has 3 rings (SSSR count). The number of ether oxygens (including phenoxy) is 2. The van der Waals surface area contributed by atoms with Crippen molar-refractivity contribution in [3.05, 3.63) is 29.8 Å². The third kappa shape index (κ3) is 2.96. The summed E-state index contributed by atoms with van der Waals surface area (Å²) >= 11 is 0. The molecule has 0 aliphatic carbocycles. The lowest BCUT2D eigenvalue weighted by molar-refractivity contribution is -0.139. The second kappa shape index (κ2) is 6.67. The SMILES string of the molecule is COc1ccccc1C1C(N)CCC(=O)N1CC1CCCO1. The van der Waals surface area contributed by atoms with Gasteiger partial charge in [0.1, 0.15) is 5.75 Å². The third-order valence-corrected chi connectivity index (χ3v) is 4.64. The van der Waals surface area contributed by atoms with Gasteiger partial charge in [0.2, 0.25) is 5.91 Å². The van der Waals surface area contributed by atoms with Crippen LogP contribution in [-0.4, -0.2) is 43.2 Å². The van der Waals surface area contributed by atoms with Gasteiger partial charge in [-0.3, -0.25) is 4.79 Å². The topological polar surface area (TPSA) is 64.8 Å². The van der Waals surface area contributed by atoms with Crippen molar-refractivity contribution < 1.29 is 14.3 Å². The van der Waals surface area contributed by atoms with Gasteiger partial charge in [0, 0.05) is 31.2 Å². The van der Waals surface area contributed by atoms with Crippen molar-refractivity contribution in [3.8, 4) is 5.75 Å². The van der Waals surface area contributed by atoms with Gasteiger partial charge in [0.15, 0.2) is 0 Å². The molecule has 2 N–H and O–H groups in total. The van der Waals surface area contributed by atoms with Crippen LogP contribution in [0.25, 0.3) is 0 Å². The fraction of sp³-hybridized carbons (Fsp3) is 0.588. The molecular formula is C17H24N2O3. The summed E-state index contributed by atoms with van der Waals surface area (Å²) in [5.41, 5.74) is 7.36. The maximum Gasteiger partial charge on any atom is 0.223 e. The van der Waals surface area contributed by atoms with Crippen LogP contribution in [0.1, 0.15) is 37.3 Å². The Kier molecular flexibility index (Phi) is 4.64. The number of nitrogens with two attached hydrogens (primary N) is 1. The lowest BCUT2D eigenvalue weighted by atomic mass is 9.89. The number of hydrogen-bond donors (Lipinski definition) is 1. The van der Waals surface area contributed by atoms with Gasteiger partial charge in [-0.2, -0.15) is 0 Å². The van der Waals surface area contributed by atoms with E-state index in [4.69, 9.17) is 15.2 Å². The Hall–Kier alpha value is -1.59. The first kappa shape index (κ1) is 15.3. The lowest BCUT2D eigenvalue weighted by Crippen LogP contribution is -2.51. The molecule has 0 spiro atoms. The molecule has 2 aliphatic rings.